The Morgan fingerprint density at radius 3 is 2.93 bits per heavy atom. The van der Waals surface area contributed by atoms with Gasteiger partial charge in [0.15, 0.2) is 11.5 Å². The van der Waals surface area contributed by atoms with Gasteiger partial charge in [-0.3, -0.25) is 0 Å². The Balaban J connectivity index is 2.39. The molecule has 0 aromatic heterocycles. The first-order chi connectivity index (χ1) is 6.83. The zero-order valence-electron chi connectivity index (χ0n) is 7.77. The molecule has 14 heavy (non-hydrogen) atoms. The van der Waals surface area contributed by atoms with Crippen molar-refractivity contribution < 1.29 is 14.6 Å². The number of aliphatic hydroxyl groups is 1. The first-order valence-electron chi connectivity index (χ1n) is 4.59. The summed E-state index contributed by atoms with van der Waals surface area (Å²) in [5.41, 5.74) is 6.09. The topological polar surface area (TPSA) is 64.7 Å². The van der Waals surface area contributed by atoms with Gasteiger partial charge in [-0.2, -0.15) is 0 Å². The molecule has 0 radical (unpaired) electrons. The Bertz CT molecular complexity index is 327. The van der Waals surface area contributed by atoms with Crippen molar-refractivity contribution >= 4 is 0 Å². The van der Waals surface area contributed by atoms with Crippen LogP contribution >= 0.6 is 0 Å². The molecule has 4 nitrogen and oxygen atoms in total. The van der Waals surface area contributed by atoms with Crippen LogP contribution in [0.4, 0.5) is 0 Å². The minimum absolute atomic E-state index is 0.180. The van der Waals surface area contributed by atoms with Gasteiger partial charge in [0.2, 0.25) is 0 Å². The lowest BCUT2D eigenvalue weighted by molar-refractivity contribution is 0.149. The third kappa shape index (κ3) is 1.54. The highest BCUT2D eigenvalue weighted by Gasteiger charge is 2.19. The second-order valence-electron chi connectivity index (χ2n) is 3.12. The van der Waals surface area contributed by atoms with Gasteiger partial charge in [-0.15, -0.1) is 0 Å². The predicted octanol–water partition coefficient (Wildman–Crippen LogP) is 0.450. The van der Waals surface area contributed by atoms with E-state index in [0.717, 1.165) is 0 Å². The number of nitrogens with two attached hydrogens (primary N) is 1. The van der Waals surface area contributed by atoms with Crippen LogP contribution in [0, 0.1) is 0 Å². The van der Waals surface area contributed by atoms with Gasteiger partial charge < -0.3 is 20.3 Å². The SMILES string of the molecule is NC[C@H](O)c1cccc2c1OCCO2. The normalized spacial score (nSPS) is 16.4. The van der Waals surface area contributed by atoms with Gasteiger partial charge in [0, 0.05) is 12.1 Å². The molecular weight excluding hydrogens is 182 g/mol. The third-order valence-electron chi connectivity index (χ3n) is 2.18. The van der Waals surface area contributed by atoms with Crippen molar-refractivity contribution in [3.63, 3.8) is 0 Å². The second-order valence-corrected chi connectivity index (χ2v) is 3.12. The lowest BCUT2D eigenvalue weighted by Crippen LogP contribution is -2.19. The highest BCUT2D eigenvalue weighted by Crippen LogP contribution is 2.36. The van der Waals surface area contributed by atoms with Gasteiger partial charge in [0.1, 0.15) is 13.2 Å². The van der Waals surface area contributed by atoms with Crippen LogP contribution in [0.5, 0.6) is 11.5 Å². The molecule has 0 bridgehead atoms. The van der Waals surface area contributed by atoms with E-state index < -0.39 is 6.10 Å². The number of fused-ring (bicyclic) bond motifs is 1. The fourth-order valence-electron chi connectivity index (χ4n) is 1.49. The first kappa shape index (κ1) is 9.30. The number of ether oxygens (including phenoxy) is 2. The van der Waals surface area contributed by atoms with E-state index in [-0.39, 0.29) is 6.54 Å². The van der Waals surface area contributed by atoms with E-state index in [1.807, 2.05) is 12.1 Å². The number of benzene rings is 1. The number of hydrogen-bond acceptors (Lipinski definition) is 4. The molecule has 76 valence electrons. The third-order valence-corrected chi connectivity index (χ3v) is 2.18. The molecule has 0 saturated carbocycles. The van der Waals surface area contributed by atoms with E-state index in [1.165, 1.54) is 0 Å². The first-order valence-corrected chi connectivity index (χ1v) is 4.59. The van der Waals surface area contributed by atoms with Gasteiger partial charge in [-0.25, -0.2) is 0 Å². The largest absolute Gasteiger partial charge is 0.486 e. The number of para-hydroxylation sites is 1. The summed E-state index contributed by atoms with van der Waals surface area (Å²) in [4.78, 5) is 0. The van der Waals surface area contributed by atoms with Crippen molar-refractivity contribution in [2.45, 2.75) is 6.10 Å². The van der Waals surface area contributed by atoms with Gasteiger partial charge in [0.25, 0.3) is 0 Å². The van der Waals surface area contributed by atoms with E-state index in [4.69, 9.17) is 15.2 Å². The summed E-state index contributed by atoms with van der Waals surface area (Å²) in [6.07, 6.45) is -0.688. The number of hydrogen-bond donors (Lipinski definition) is 2. The fourth-order valence-corrected chi connectivity index (χ4v) is 1.49. The smallest absolute Gasteiger partial charge is 0.167 e. The van der Waals surface area contributed by atoms with E-state index in [2.05, 4.69) is 0 Å². The van der Waals surface area contributed by atoms with Crippen molar-refractivity contribution in [1.29, 1.82) is 0 Å². The molecule has 0 fully saturated rings. The lowest BCUT2D eigenvalue weighted by atomic mass is 10.1. The van der Waals surface area contributed by atoms with Crippen molar-refractivity contribution in [3.05, 3.63) is 23.8 Å². The standard InChI is InChI=1S/C10H13NO3/c11-6-8(12)7-2-1-3-9-10(7)14-5-4-13-9/h1-3,8,12H,4-6,11H2/t8-/m0/s1. The molecular formula is C10H13NO3. The maximum Gasteiger partial charge on any atom is 0.167 e. The van der Waals surface area contributed by atoms with Gasteiger partial charge >= 0.3 is 0 Å². The molecule has 0 unspecified atom stereocenters. The van der Waals surface area contributed by atoms with Gasteiger partial charge in [-0.05, 0) is 6.07 Å². The Morgan fingerprint density at radius 1 is 1.36 bits per heavy atom. The Labute approximate surface area is 82.2 Å². The molecule has 3 N–H and O–H groups in total. The van der Waals surface area contributed by atoms with Crippen LogP contribution in [0.25, 0.3) is 0 Å². The predicted molar refractivity (Wildman–Crippen MR) is 51.4 cm³/mol. The minimum Gasteiger partial charge on any atom is -0.486 e. The Kier molecular flexibility index (Phi) is 2.56. The quantitative estimate of drug-likeness (QED) is 0.719. The highest BCUT2D eigenvalue weighted by molar-refractivity contribution is 5.48. The lowest BCUT2D eigenvalue weighted by Gasteiger charge is -2.22. The molecule has 2 rings (SSSR count). The zero-order valence-corrected chi connectivity index (χ0v) is 7.77. The van der Waals surface area contributed by atoms with Crippen molar-refractivity contribution in [1.82, 2.24) is 0 Å². The fraction of sp³-hybridized carbons (Fsp3) is 0.400. The summed E-state index contributed by atoms with van der Waals surface area (Å²) in [7, 11) is 0. The zero-order chi connectivity index (χ0) is 9.97. The van der Waals surface area contributed by atoms with Gasteiger partial charge in [-0.1, -0.05) is 12.1 Å². The van der Waals surface area contributed by atoms with Gasteiger partial charge in [0.05, 0.1) is 6.10 Å². The van der Waals surface area contributed by atoms with Crippen molar-refractivity contribution in [2.75, 3.05) is 19.8 Å². The van der Waals surface area contributed by atoms with E-state index in [9.17, 15) is 5.11 Å². The number of aliphatic hydroxyl groups excluding tert-OH is 1. The molecule has 0 aliphatic carbocycles. The molecule has 0 amide bonds. The molecule has 1 aromatic rings. The van der Waals surface area contributed by atoms with E-state index in [0.29, 0.717) is 30.3 Å². The Morgan fingerprint density at radius 2 is 2.14 bits per heavy atom. The van der Waals surface area contributed by atoms with Crippen LogP contribution in [-0.4, -0.2) is 24.9 Å². The summed E-state index contributed by atoms with van der Waals surface area (Å²) in [5.74, 6) is 1.30. The number of rotatable bonds is 2. The van der Waals surface area contributed by atoms with Crippen LogP contribution < -0.4 is 15.2 Å². The molecule has 1 heterocycles. The maximum atomic E-state index is 9.62. The maximum absolute atomic E-state index is 9.62. The average molecular weight is 195 g/mol. The molecule has 1 aliphatic heterocycles. The summed E-state index contributed by atoms with van der Waals surface area (Å²) in [5, 5.41) is 9.62. The highest BCUT2D eigenvalue weighted by atomic mass is 16.6. The molecule has 0 spiro atoms. The molecule has 1 atom stereocenters. The molecule has 4 heteroatoms. The molecule has 0 saturated heterocycles. The van der Waals surface area contributed by atoms with E-state index in [1.54, 1.807) is 6.07 Å². The summed E-state index contributed by atoms with van der Waals surface area (Å²) >= 11 is 0. The summed E-state index contributed by atoms with van der Waals surface area (Å²) in [6.45, 7) is 1.25. The minimum atomic E-state index is -0.688. The van der Waals surface area contributed by atoms with Crippen LogP contribution in [0.15, 0.2) is 18.2 Å². The van der Waals surface area contributed by atoms with Crippen molar-refractivity contribution in [3.8, 4) is 11.5 Å². The van der Waals surface area contributed by atoms with Crippen LogP contribution in [0.1, 0.15) is 11.7 Å². The van der Waals surface area contributed by atoms with Crippen molar-refractivity contribution in [2.24, 2.45) is 5.73 Å². The van der Waals surface area contributed by atoms with Crippen LogP contribution in [-0.2, 0) is 0 Å². The van der Waals surface area contributed by atoms with E-state index >= 15 is 0 Å². The second kappa shape index (κ2) is 3.86. The monoisotopic (exact) mass is 195 g/mol. The average Bonchev–Trinajstić information content (AvgIpc) is 2.27. The van der Waals surface area contributed by atoms with Crippen LogP contribution in [0.2, 0.25) is 0 Å². The summed E-state index contributed by atoms with van der Waals surface area (Å²) in [6, 6.07) is 5.44. The molecule has 1 aliphatic rings. The Hall–Kier alpha value is -1.26. The summed E-state index contributed by atoms with van der Waals surface area (Å²) < 4.78 is 10.8. The molecule has 1 aromatic carbocycles. The van der Waals surface area contributed by atoms with Crippen LogP contribution in [0.3, 0.4) is 0 Å².